The molecule has 0 radical (unpaired) electrons. The van der Waals surface area contributed by atoms with Gasteiger partial charge in [-0.25, -0.2) is 0 Å². The highest BCUT2D eigenvalue weighted by Gasteiger charge is 2.29. The van der Waals surface area contributed by atoms with Crippen LogP contribution in [0.4, 0.5) is 0 Å². The molecule has 1 aliphatic heterocycles. The minimum atomic E-state index is -0.546. The number of nitrogens with zero attached hydrogens (tertiary/aromatic N) is 1. The fraction of sp³-hybridized carbons (Fsp3) is 0.111. The molecule has 4 rings (SSSR count). The number of hydrogen-bond acceptors (Lipinski definition) is 3. The molecule has 0 saturated carbocycles. The predicted molar refractivity (Wildman–Crippen MR) is 137 cm³/mol. The fourth-order valence-corrected chi connectivity index (χ4v) is 4.24. The number of benzene rings is 3. The predicted octanol–water partition coefficient (Wildman–Crippen LogP) is 6.19. The monoisotopic (exact) mass is 475 g/mol. The zero-order chi connectivity index (χ0) is 23.2. The summed E-state index contributed by atoms with van der Waals surface area (Å²) in [5.41, 5.74) is 4.02. The van der Waals surface area contributed by atoms with Crippen molar-refractivity contribution >= 4 is 41.0 Å². The first-order valence-corrected chi connectivity index (χ1v) is 11.3. The second-order valence-corrected chi connectivity index (χ2v) is 8.51. The third-order valence-electron chi connectivity index (χ3n) is 5.22. The zero-order valence-corrected chi connectivity index (χ0v) is 19.6. The topological polar surface area (TPSA) is 53.5 Å². The van der Waals surface area contributed by atoms with Gasteiger partial charge in [-0.3, -0.25) is 9.79 Å². The Morgan fingerprint density at radius 2 is 1.64 bits per heavy atom. The molecule has 6 heteroatoms. The van der Waals surface area contributed by atoms with Crippen LogP contribution in [0.1, 0.15) is 29.7 Å². The Kier molecular flexibility index (Phi) is 7.28. The lowest BCUT2D eigenvalue weighted by molar-refractivity contribution is -0.117. The summed E-state index contributed by atoms with van der Waals surface area (Å²) in [4.78, 5) is 18.1. The van der Waals surface area contributed by atoms with Gasteiger partial charge in [-0.2, -0.15) is 0 Å². The number of aliphatic imine (C=N–C) groups is 1. The molecule has 1 unspecified atom stereocenters. The van der Waals surface area contributed by atoms with E-state index in [1.807, 2.05) is 79.7 Å². The van der Waals surface area contributed by atoms with Crippen LogP contribution in [0.3, 0.4) is 0 Å². The van der Waals surface area contributed by atoms with Crippen LogP contribution in [0, 0.1) is 0 Å². The van der Waals surface area contributed by atoms with E-state index in [4.69, 9.17) is 28.2 Å². The molecule has 4 nitrogen and oxygen atoms in total. The van der Waals surface area contributed by atoms with Gasteiger partial charge in [0.05, 0.1) is 5.57 Å². The molecule has 1 aliphatic rings. The van der Waals surface area contributed by atoms with E-state index in [1.54, 1.807) is 18.2 Å². The van der Waals surface area contributed by atoms with Crippen LogP contribution in [0.2, 0.25) is 10.0 Å². The van der Waals surface area contributed by atoms with E-state index in [1.165, 1.54) is 0 Å². The highest BCUT2D eigenvalue weighted by Crippen LogP contribution is 2.34. The van der Waals surface area contributed by atoms with E-state index in [-0.39, 0.29) is 5.91 Å². The maximum atomic E-state index is 13.2. The summed E-state index contributed by atoms with van der Waals surface area (Å²) in [6, 6.07) is 24.4. The Hall–Kier alpha value is -3.34. The van der Waals surface area contributed by atoms with E-state index in [0.29, 0.717) is 28.0 Å². The minimum Gasteiger partial charge on any atom is -0.349 e. The number of halogens is 2. The van der Waals surface area contributed by atoms with Crippen LogP contribution in [0.5, 0.6) is 0 Å². The fourth-order valence-electron chi connectivity index (χ4n) is 3.69. The summed E-state index contributed by atoms with van der Waals surface area (Å²) >= 11 is 12.5. The number of rotatable bonds is 6. The Labute approximate surface area is 203 Å². The van der Waals surface area contributed by atoms with Crippen molar-refractivity contribution in [3.05, 3.63) is 123 Å². The summed E-state index contributed by atoms with van der Waals surface area (Å²) in [5, 5.41) is 7.26. The van der Waals surface area contributed by atoms with Crippen LogP contribution >= 0.6 is 23.2 Å². The Morgan fingerprint density at radius 3 is 2.30 bits per heavy atom. The summed E-state index contributed by atoms with van der Waals surface area (Å²) in [7, 11) is 0. The van der Waals surface area contributed by atoms with Gasteiger partial charge in [-0.1, -0.05) is 96.0 Å². The largest absolute Gasteiger partial charge is 0.349 e. The lowest BCUT2D eigenvalue weighted by Gasteiger charge is -2.27. The van der Waals surface area contributed by atoms with Gasteiger partial charge in [0, 0.05) is 27.9 Å². The van der Waals surface area contributed by atoms with Gasteiger partial charge in [0.1, 0.15) is 11.9 Å². The average Bonchev–Trinajstić information content (AvgIpc) is 2.82. The second-order valence-electron chi connectivity index (χ2n) is 7.64. The molecule has 0 saturated heterocycles. The Bertz CT molecular complexity index is 1210. The highest BCUT2D eigenvalue weighted by molar-refractivity contribution is 6.34. The maximum absolute atomic E-state index is 13.2. The van der Waals surface area contributed by atoms with Crippen molar-refractivity contribution < 1.29 is 4.79 Å². The molecular weight excluding hydrogens is 453 g/mol. The molecule has 0 fully saturated rings. The van der Waals surface area contributed by atoms with Crippen LogP contribution in [-0.4, -0.2) is 18.3 Å². The zero-order valence-electron chi connectivity index (χ0n) is 18.1. The Balaban J connectivity index is 1.61. The summed E-state index contributed by atoms with van der Waals surface area (Å²) in [6.45, 7) is 2.27. The van der Waals surface area contributed by atoms with Crippen LogP contribution in [-0.2, 0) is 4.79 Å². The molecule has 0 aromatic heterocycles. The number of carbonyl (C=O) groups is 1. The van der Waals surface area contributed by atoms with E-state index in [0.717, 1.165) is 22.4 Å². The SMILES string of the molecule is CC1=C(C(=O)NCC=Cc2ccccc2)C(c2cc(Cl)cc(Cl)c2)N=C(c2ccccc2)N1. The molecule has 0 bridgehead atoms. The van der Waals surface area contributed by atoms with E-state index in [9.17, 15) is 4.79 Å². The van der Waals surface area contributed by atoms with Gasteiger partial charge in [-0.15, -0.1) is 0 Å². The molecule has 1 amide bonds. The van der Waals surface area contributed by atoms with Crippen molar-refractivity contribution in [1.82, 2.24) is 10.6 Å². The van der Waals surface area contributed by atoms with Crippen LogP contribution < -0.4 is 10.6 Å². The standard InChI is InChI=1S/C27H23Cl2N3O/c1-18-24(27(33)30-14-8-11-19-9-4-2-5-10-19)25(21-15-22(28)17-23(29)16-21)32-26(31-18)20-12-6-3-7-13-20/h2-13,15-17,25H,14H2,1H3,(H,30,33)(H,31,32). The number of amidine groups is 1. The van der Waals surface area contributed by atoms with Crippen LogP contribution in [0.15, 0.2) is 101 Å². The summed E-state index contributed by atoms with van der Waals surface area (Å²) < 4.78 is 0. The molecule has 1 heterocycles. The van der Waals surface area contributed by atoms with Gasteiger partial charge < -0.3 is 10.6 Å². The molecule has 166 valence electrons. The van der Waals surface area contributed by atoms with E-state index in [2.05, 4.69) is 10.6 Å². The van der Waals surface area contributed by atoms with Crippen molar-refractivity contribution in [2.75, 3.05) is 6.54 Å². The number of hydrogen-bond donors (Lipinski definition) is 2. The third-order valence-corrected chi connectivity index (χ3v) is 5.66. The van der Waals surface area contributed by atoms with Crippen molar-refractivity contribution in [2.45, 2.75) is 13.0 Å². The lowest BCUT2D eigenvalue weighted by Crippen LogP contribution is -2.36. The van der Waals surface area contributed by atoms with E-state index < -0.39 is 6.04 Å². The van der Waals surface area contributed by atoms with Gasteiger partial charge in [0.2, 0.25) is 0 Å². The van der Waals surface area contributed by atoms with Crippen molar-refractivity contribution in [3.8, 4) is 0 Å². The van der Waals surface area contributed by atoms with Crippen LogP contribution in [0.25, 0.3) is 6.08 Å². The molecule has 33 heavy (non-hydrogen) atoms. The minimum absolute atomic E-state index is 0.199. The smallest absolute Gasteiger partial charge is 0.251 e. The number of allylic oxidation sites excluding steroid dienone is 1. The van der Waals surface area contributed by atoms with Crippen molar-refractivity contribution in [1.29, 1.82) is 0 Å². The number of nitrogens with one attached hydrogen (secondary N) is 2. The van der Waals surface area contributed by atoms with E-state index >= 15 is 0 Å². The molecule has 2 N–H and O–H groups in total. The number of amides is 1. The maximum Gasteiger partial charge on any atom is 0.251 e. The number of carbonyl (C=O) groups excluding carboxylic acids is 1. The molecule has 0 aliphatic carbocycles. The first-order valence-electron chi connectivity index (χ1n) is 10.6. The van der Waals surface area contributed by atoms with Crippen molar-refractivity contribution in [3.63, 3.8) is 0 Å². The van der Waals surface area contributed by atoms with Gasteiger partial charge in [-0.05, 0) is 36.2 Å². The molecule has 1 atom stereocenters. The first kappa shape index (κ1) is 22.8. The van der Waals surface area contributed by atoms with Gasteiger partial charge in [0.15, 0.2) is 0 Å². The molecule has 0 spiro atoms. The molecular formula is C27H23Cl2N3O. The van der Waals surface area contributed by atoms with Gasteiger partial charge >= 0.3 is 0 Å². The first-order chi connectivity index (χ1) is 16.0. The molecule has 3 aromatic carbocycles. The molecule has 3 aromatic rings. The highest BCUT2D eigenvalue weighted by atomic mass is 35.5. The summed E-state index contributed by atoms with van der Waals surface area (Å²) in [6.07, 6.45) is 3.89. The van der Waals surface area contributed by atoms with Gasteiger partial charge in [0.25, 0.3) is 5.91 Å². The average molecular weight is 476 g/mol. The Morgan fingerprint density at radius 1 is 1.00 bits per heavy atom. The second kappa shape index (κ2) is 10.5. The van der Waals surface area contributed by atoms with Crippen molar-refractivity contribution in [2.24, 2.45) is 4.99 Å². The normalized spacial score (nSPS) is 15.8. The lowest BCUT2D eigenvalue weighted by atomic mass is 9.94. The summed E-state index contributed by atoms with van der Waals surface area (Å²) in [5.74, 6) is 0.490. The quantitative estimate of drug-likeness (QED) is 0.446. The third kappa shape index (κ3) is 5.72.